The number of aryl methyl sites for hydroxylation is 2. The van der Waals surface area contributed by atoms with E-state index >= 15 is 0 Å². The predicted molar refractivity (Wildman–Crippen MR) is 89.6 cm³/mol. The number of fused-ring (bicyclic) bond motifs is 1. The van der Waals surface area contributed by atoms with Crippen molar-refractivity contribution < 1.29 is 4.79 Å². The summed E-state index contributed by atoms with van der Waals surface area (Å²) in [6.45, 7) is 0. The molecule has 0 aromatic heterocycles. The molecule has 0 fully saturated rings. The number of carbonyl (C=O) groups is 1. The summed E-state index contributed by atoms with van der Waals surface area (Å²) in [6, 6.07) is 16.5. The molecule has 3 heteroatoms. The van der Waals surface area contributed by atoms with Crippen LogP contribution in [0, 0.1) is 0 Å². The summed E-state index contributed by atoms with van der Waals surface area (Å²) >= 11 is 0. The third-order valence-corrected chi connectivity index (χ3v) is 4.39. The van der Waals surface area contributed by atoms with Gasteiger partial charge in [-0.25, -0.2) is 0 Å². The molecule has 0 radical (unpaired) electrons. The second-order valence-electron chi connectivity index (χ2n) is 5.97. The van der Waals surface area contributed by atoms with Crippen molar-refractivity contribution in [2.45, 2.75) is 38.1 Å². The second kappa shape index (κ2) is 6.65. The Morgan fingerprint density at radius 3 is 2.64 bits per heavy atom. The molecule has 0 saturated carbocycles. The first-order valence-electron chi connectivity index (χ1n) is 7.92. The molecule has 3 rings (SSSR count). The van der Waals surface area contributed by atoms with E-state index in [1.165, 1.54) is 11.1 Å². The second-order valence-corrected chi connectivity index (χ2v) is 5.97. The van der Waals surface area contributed by atoms with E-state index in [4.69, 9.17) is 5.73 Å². The third-order valence-electron chi connectivity index (χ3n) is 4.39. The van der Waals surface area contributed by atoms with Crippen LogP contribution in [0.1, 0.15) is 29.5 Å². The fourth-order valence-electron chi connectivity index (χ4n) is 3.13. The SMILES string of the molecule is Nc1ccccc1CCC(=O)NC1CCc2ccccc2C1. The highest BCUT2D eigenvalue weighted by Crippen LogP contribution is 2.21. The monoisotopic (exact) mass is 294 g/mol. The zero-order chi connectivity index (χ0) is 15.4. The molecule has 0 aliphatic heterocycles. The van der Waals surface area contributed by atoms with Crippen LogP contribution in [0.2, 0.25) is 0 Å². The van der Waals surface area contributed by atoms with Crippen molar-refractivity contribution in [3.8, 4) is 0 Å². The van der Waals surface area contributed by atoms with Crippen molar-refractivity contribution in [2.75, 3.05) is 5.73 Å². The van der Waals surface area contributed by atoms with E-state index < -0.39 is 0 Å². The Kier molecular flexibility index (Phi) is 4.42. The van der Waals surface area contributed by atoms with Gasteiger partial charge in [-0.05, 0) is 48.4 Å². The van der Waals surface area contributed by atoms with Gasteiger partial charge in [0.2, 0.25) is 5.91 Å². The first kappa shape index (κ1) is 14.6. The molecule has 22 heavy (non-hydrogen) atoms. The van der Waals surface area contributed by atoms with Gasteiger partial charge in [0, 0.05) is 18.2 Å². The molecule has 3 N–H and O–H groups in total. The molecular weight excluding hydrogens is 272 g/mol. The van der Waals surface area contributed by atoms with Gasteiger partial charge in [-0.2, -0.15) is 0 Å². The number of nitrogens with one attached hydrogen (secondary N) is 1. The molecule has 0 spiro atoms. The van der Waals surface area contributed by atoms with E-state index in [2.05, 4.69) is 29.6 Å². The minimum atomic E-state index is 0.118. The maximum atomic E-state index is 12.2. The van der Waals surface area contributed by atoms with Gasteiger partial charge in [0.15, 0.2) is 0 Å². The molecule has 3 nitrogen and oxygen atoms in total. The van der Waals surface area contributed by atoms with Crippen molar-refractivity contribution >= 4 is 11.6 Å². The first-order valence-corrected chi connectivity index (χ1v) is 7.92. The van der Waals surface area contributed by atoms with Crippen LogP contribution >= 0.6 is 0 Å². The Bertz CT molecular complexity index is 666. The van der Waals surface area contributed by atoms with Gasteiger partial charge in [-0.3, -0.25) is 4.79 Å². The van der Waals surface area contributed by atoms with Gasteiger partial charge < -0.3 is 11.1 Å². The number of anilines is 1. The maximum absolute atomic E-state index is 12.2. The van der Waals surface area contributed by atoms with Crippen molar-refractivity contribution in [1.82, 2.24) is 5.32 Å². The average molecular weight is 294 g/mol. The lowest BCUT2D eigenvalue weighted by molar-refractivity contribution is -0.121. The van der Waals surface area contributed by atoms with E-state index in [9.17, 15) is 4.79 Å². The lowest BCUT2D eigenvalue weighted by atomic mass is 9.88. The molecular formula is C19H22N2O. The van der Waals surface area contributed by atoms with Crippen LogP contribution in [0.15, 0.2) is 48.5 Å². The fourth-order valence-corrected chi connectivity index (χ4v) is 3.13. The molecule has 1 amide bonds. The van der Waals surface area contributed by atoms with Gasteiger partial charge in [-0.1, -0.05) is 42.5 Å². The zero-order valence-electron chi connectivity index (χ0n) is 12.7. The molecule has 0 heterocycles. The molecule has 1 unspecified atom stereocenters. The predicted octanol–water partition coefficient (Wildman–Crippen LogP) is 2.88. The van der Waals surface area contributed by atoms with Gasteiger partial charge >= 0.3 is 0 Å². The van der Waals surface area contributed by atoms with Crippen molar-refractivity contribution in [2.24, 2.45) is 0 Å². The highest BCUT2D eigenvalue weighted by atomic mass is 16.1. The summed E-state index contributed by atoms with van der Waals surface area (Å²) in [7, 11) is 0. The summed E-state index contributed by atoms with van der Waals surface area (Å²) in [5, 5.41) is 3.17. The number of nitrogens with two attached hydrogens (primary N) is 1. The Labute approximate surface area is 131 Å². The third kappa shape index (κ3) is 3.48. The Morgan fingerprint density at radius 1 is 1.09 bits per heavy atom. The van der Waals surface area contributed by atoms with E-state index in [0.717, 1.165) is 30.5 Å². The molecule has 114 valence electrons. The van der Waals surface area contributed by atoms with Crippen LogP contribution in [0.3, 0.4) is 0 Å². The summed E-state index contributed by atoms with van der Waals surface area (Å²) < 4.78 is 0. The number of hydrogen-bond donors (Lipinski definition) is 2. The number of rotatable bonds is 4. The topological polar surface area (TPSA) is 55.1 Å². The number of para-hydroxylation sites is 1. The normalized spacial score (nSPS) is 16.8. The highest BCUT2D eigenvalue weighted by Gasteiger charge is 2.19. The molecule has 1 aliphatic rings. The number of benzene rings is 2. The lowest BCUT2D eigenvalue weighted by Gasteiger charge is -2.25. The van der Waals surface area contributed by atoms with Gasteiger partial charge in [-0.15, -0.1) is 0 Å². The Balaban J connectivity index is 1.52. The van der Waals surface area contributed by atoms with Crippen LogP contribution < -0.4 is 11.1 Å². The number of carbonyl (C=O) groups excluding carboxylic acids is 1. The minimum Gasteiger partial charge on any atom is -0.399 e. The van der Waals surface area contributed by atoms with E-state index in [1.54, 1.807) is 0 Å². The minimum absolute atomic E-state index is 0.118. The lowest BCUT2D eigenvalue weighted by Crippen LogP contribution is -2.38. The molecule has 1 aliphatic carbocycles. The van der Waals surface area contributed by atoms with Crippen LogP contribution in [-0.4, -0.2) is 11.9 Å². The quantitative estimate of drug-likeness (QED) is 0.852. The van der Waals surface area contributed by atoms with Crippen LogP contribution in [-0.2, 0) is 24.1 Å². The Hall–Kier alpha value is -2.29. The summed E-state index contributed by atoms with van der Waals surface area (Å²) in [4.78, 5) is 12.2. The largest absolute Gasteiger partial charge is 0.399 e. The number of nitrogen functional groups attached to an aromatic ring is 1. The molecule has 2 aromatic rings. The van der Waals surface area contributed by atoms with Gasteiger partial charge in [0.25, 0.3) is 0 Å². The van der Waals surface area contributed by atoms with Crippen molar-refractivity contribution in [3.63, 3.8) is 0 Å². The van der Waals surface area contributed by atoms with E-state index in [1.807, 2.05) is 24.3 Å². The molecule has 0 bridgehead atoms. The van der Waals surface area contributed by atoms with Crippen molar-refractivity contribution in [3.05, 3.63) is 65.2 Å². The number of hydrogen-bond acceptors (Lipinski definition) is 2. The van der Waals surface area contributed by atoms with Crippen LogP contribution in [0.4, 0.5) is 5.69 Å². The Morgan fingerprint density at radius 2 is 1.82 bits per heavy atom. The molecule has 2 aromatic carbocycles. The smallest absolute Gasteiger partial charge is 0.220 e. The standard InChI is InChI=1S/C19H22N2O/c20-18-8-4-3-6-15(18)10-12-19(22)21-17-11-9-14-5-1-2-7-16(14)13-17/h1-8,17H,9-13,20H2,(H,21,22). The fraction of sp³-hybridized carbons (Fsp3) is 0.316. The van der Waals surface area contributed by atoms with Gasteiger partial charge in [0.1, 0.15) is 0 Å². The number of amides is 1. The van der Waals surface area contributed by atoms with E-state index in [0.29, 0.717) is 12.8 Å². The van der Waals surface area contributed by atoms with Crippen molar-refractivity contribution in [1.29, 1.82) is 0 Å². The van der Waals surface area contributed by atoms with E-state index in [-0.39, 0.29) is 11.9 Å². The summed E-state index contributed by atoms with van der Waals surface area (Å²) in [5.41, 5.74) is 10.5. The first-order chi connectivity index (χ1) is 10.7. The maximum Gasteiger partial charge on any atom is 0.220 e. The van der Waals surface area contributed by atoms with Crippen LogP contribution in [0.5, 0.6) is 0 Å². The average Bonchev–Trinajstić information content (AvgIpc) is 2.54. The van der Waals surface area contributed by atoms with Gasteiger partial charge in [0.05, 0.1) is 0 Å². The molecule has 0 saturated heterocycles. The summed E-state index contributed by atoms with van der Waals surface area (Å²) in [5.74, 6) is 0.118. The highest BCUT2D eigenvalue weighted by molar-refractivity contribution is 5.76. The molecule has 1 atom stereocenters. The zero-order valence-corrected chi connectivity index (χ0v) is 12.7. The van der Waals surface area contributed by atoms with Crippen LogP contribution in [0.25, 0.3) is 0 Å². The summed E-state index contributed by atoms with van der Waals surface area (Å²) in [6.07, 6.45) is 4.20.